The first kappa shape index (κ1) is 16.7. The third kappa shape index (κ3) is 4.23. The van der Waals surface area contributed by atoms with Crippen molar-refractivity contribution in [1.82, 2.24) is 10.1 Å². The number of nitrogens with zero attached hydrogens (tertiary/aromatic N) is 2. The average molecular weight is 337 g/mol. The van der Waals surface area contributed by atoms with Crippen LogP contribution in [0.1, 0.15) is 34.6 Å². The topological polar surface area (TPSA) is 77.2 Å². The minimum atomic E-state index is -0.229. The van der Waals surface area contributed by atoms with Crippen LogP contribution in [0.3, 0.4) is 0 Å². The number of nitrogens with one attached hydrogen (secondary N) is 1. The van der Waals surface area contributed by atoms with E-state index in [1.54, 1.807) is 25.1 Å². The smallest absolute Gasteiger partial charge is 0.259 e. The normalized spacial score (nSPS) is 10.5. The van der Waals surface area contributed by atoms with Crippen molar-refractivity contribution in [3.63, 3.8) is 0 Å². The Morgan fingerprint density at radius 2 is 2.04 bits per heavy atom. The van der Waals surface area contributed by atoms with E-state index in [1.807, 2.05) is 30.3 Å². The van der Waals surface area contributed by atoms with Crippen LogP contribution in [-0.4, -0.2) is 16.0 Å². The minimum Gasteiger partial charge on any atom is -0.485 e. The molecule has 3 rings (SSSR count). The number of benzene rings is 2. The van der Waals surface area contributed by atoms with Gasteiger partial charge in [0, 0.05) is 12.6 Å². The molecule has 0 bridgehead atoms. The molecular weight excluding hydrogens is 318 g/mol. The lowest BCUT2D eigenvalue weighted by Crippen LogP contribution is -2.14. The molecule has 0 saturated carbocycles. The Morgan fingerprint density at radius 3 is 2.80 bits per heavy atom. The molecule has 6 heteroatoms. The van der Waals surface area contributed by atoms with Gasteiger partial charge in [-0.05, 0) is 36.2 Å². The molecule has 0 spiro atoms. The standard InChI is InChI=1S/C19H19N3O3/c1-3-14-7-6-8-15(11-14)21-19(23)16-9-4-5-10-17(16)24-12-18-20-13(2)25-22-18/h4-11H,3,12H2,1-2H3,(H,21,23). The number of carbonyl (C=O) groups excluding carboxylic acids is 1. The summed E-state index contributed by atoms with van der Waals surface area (Å²) in [7, 11) is 0. The summed E-state index contributed by atoms with van der Waals surface area (Å²) in [6.07, 6.45) is 0.910. The second-order valence-corrected chi connectivity index (χ2v) is 5.52. The van der Waals surface area contributed by atoms with Gasteiger partial charge in [0.25, 0.3) is 5.91 Å². The van der Waals surface area contributed by atoms with Gasteiger partial charge in [-0.15, -0.1) is 0 Å². The van der Waals surface area contributed by atoms with E-state index in [1.165, 1.54) is 0 Å². The average Bonchev–Trinajstić information content (AvgIpc) is 3.05. The van der Waals surface area contributed by atoms with E-state index in [0.717, 1.165) is 17.7 Å². The van der Waals surface area contributed by atoms with Gasteiger partial charge >= 0.3 is 0 Å². The number of para-hydroxylation sites is 1. The highest BCUT2D eigenvalue weighted by atomic mass is 16.5. The molecular formula is C19H19N3O3. The number of carbonyl (C=O) groups is 1. The zero-order chi connectivity index (χ0) is 17.6. The Labute approximate surface area is 145 Å². The maximum absolute atomic E-state index is 12.6. The van der Waals surface area contributed by atoms with Gasteiger partial charge in [-0.2, -0.15) is 4.98 Å². The number of aromatic nitrogens is 2. The van der Waals surface area contributed by atoms with E-state index < -0.39 is 0 Å². The number of hydrogen-bond donors (Lipinski definition) is 1. The molecule has 1 N–H and O–H groups in total. The van der Waals surface area contributed by atoms with Crippen LogP contribution in [0.5, 0.6) is 5.75 Å². The van der Waals surface area contributed by atoms with E-state index >= 15 is 0 Å². The molecule has 6 nitrogen and oxygen atoms in total. The van der Waals surface area contributed by atoms with Gasteiger partial charge in [0.1, 0.15) is 5.75 Å². The molecule has 0 unspecified atom stereocenters. The molecule has 1 aromatic heterocycles. The van der Waals surface area contributed by atoms with Gasteiger partial charge in [-0.3, -0.25) is 4.79 Å². The van der Waals surface area contributed by atoms with Gasteiger partial charge < -0.3 is 14.6 Å². The number of aryl methyl sites for hydroxylation is 2. The molecule has 0 aliphatic heterocycles. The zero-order valence-electron chi connectivity index (χ0n) is 14.2. The van der Waals surface area contributed by atoms with E-state index in [2.05, 4.69) is 22.4 Å². The summed E-state index contributed by atoms with van der Waals surface area (Å²) in [5.41, 5.74) is 2.37. The molecule has 1 amide bonds. The van der Waals surface area contributed by atoms with Gasteiger partial charge in [-0.1, -0.05) is 36.3 Å². The van der Waals surface area contributed by atoms with Crippen LogP contribution in [0.15, 0.2) is 53.1 Å². The molecule has 0 aliphatic carbocycles. The lowest BCUT2D eigenvalue weighted by atomic mass is 10.1. The Bertz CT molecular complexity index is 874. The van der Waals surface area contributed by atoms with Crippen molar-refractivity contribution in [3.8, 4) is 5.75 Å². The largest absolute Gasteiger partial charge is 0.485 e. The Kier molecular flexibility index (Phi) is 5.09. The molecule has 0 saturated heterocycles. The van der Waals surface area contributed by atoms with Crippen LogP contribution in [0.4, 0.5) is 5.69 Å². The van der Waals surface area contributed by atoms with Crippen molar-refractivity contribution in [3.05, 3.63) is 71.4 Å². The molecule has 0 aliphatic rings. The molecule has 0 atom stereocenters. The first-order valence-corrected chi connectivity index (χ1v) is 8.07. The van der Waals surface area contributed by atoms with E-state index in [0.29, 0.717) is 23.0 Å². The van der Waals surface area contributed by atoms with Crippen molar-refractivity contribution in [1.29, 1.82) is 0 Å². The molecule has 2 aromatic carbocycles. The Morgan fingerprint density at radius 1 is 1.20 bits per heavy atom. The predicted octanol–water partition coefficient (Wildman–Crippen LogP) is 3.77. The number of ether oxygens (including phenoxy) is 1. The third-order valence-electron chi connectivity index (χ3n) is 3.65. The quantitative estimate of drug-likeness (QED) is 0.741. The summed E-state index contributed by atoms with van der Waals surface area (Å²) in [4.78, 5) is 16.7. The maximum Gasteiger partial charge on any atom is 0.259 e. The lowest BCUT2D eigenvalue weighted by molar-refractivity contribution is 0.102. The fraction of sp³-hybridized carbons (Fsp3) is 0.211. The molecule has 0 radical (unpaired) electrons. The van der Waals surface area contributed by atoms with Crippen LogP contribution in [0.25, 0.3) is 0 Å². The highest BCUT2D eigenvalue weighted by Gasteiger charge is 2.13. The summed E-state index contributed by atoms with van der Waals surface area (Å²) in [6, 6.07) is 14.8. The van der Waals surface area contributed by atoms with Crippen molar-refractivity contribution in [2.45, 2.75) is 26.9 Å². The third-order valence-corrected chi connectivity index (χ3v) is 3.65. The van der Waals surface area contributed by atoms with E-state index in [-0.39, 0.29) is 12.5 Å². The Balaban J connectivity index is 1.73. The van der Waals surface area contributed by atoms with Gasteiger partial charge in [0.05, 0.1) is 5.56 Å². The van der Waals surface area contributed by atoms with Crippen molar-refractivity contribution >= 4 is 11.6 Å². The summed E-state index contributed by atoms with van der Waals surface area (Å²) >= 11 is 0. The summed E-state index contributed by atoms with van der Waals surface area (Å²) < 4.78 is 10.6. The van der Waals surface area contributed by atoms with Gasteiger partial charge in [-0.25, -0.2) is 0 Å². The lowest BCUT2D eigenvalue weighted by Gasteiger charge is -2.11. The van der Waals surface area contributed by atoms with Crippen LogP contribution < -0.4 is 10.1 Å². The van der Waals surface area contributed by atoms with Crippen molar-refractivity contribution in [2.75, 3.05) is 5.32 Å². The predicted molar refractivity (Wildman–Crippen MR) is 93.6 cm³/mol. The summed E-state index contributed by atoms with van der Waals surface area (Å²) in [5.74, 6) is 1.14. The summed E-state index contributed by atoms with van der Waals surface area (Å²) in [6.45, 7) is 3.92. The zero-order valence-corrected chi connectivity index (χ0v) is 14.2. The number of anilines is 1. The van der Waals surface area contributed by atoms with E-state index in [4.69, 9.17) is 9.26 Å². The number of amides is 1. The van der Waals surface area contributed by atoms with Crippen molar-refractivity contribution in [2.24, 2.45) is 0 Å². The highest BCUT2D eigenvalue weighted by molar-refractivity contribution is 6.06. The highest BCUT2D eigenvalue weighted by Crippen LogP contribution is 2.21. The van der Waals surface area contributed by atoms with Crippen LogP contribution >= 0.6 is 0 Å². The van der Waals surface area contributed by atoms with E-state index in [9.17, 15) is 4.79 Å². The molecule has 25 heavy (non-hydrogen) atoms. The minimum absolute atomic E-state index is 0.132. The first-order valence-electron chi connectivity index (χ1n) is 8.07. The van der Waals surface area contributed by atoms with Gasteiger partial charge in [0.2, 0.25) is 11.7 Å². The Hall–Kier alpha value is -3.15. The summed E-state index contributed by atoms with van der Waals surface area (Å²) in [5, 5.41) is 6.69. The molecule has 128 valence electrons. The molecule has 3 aromatic rings. The fourth-order valence-corrected chi connectivity index (χ4v) is 2.39. The number of rotatable bonds is 6. The van der Waals surface area contributed by atoms with Crippen LogP contribution in [-0.2, 0) is 13.0 Å². The molecule has 0 fully saturated rings. The fourth-order valence-electron chi connectivity index (χ4n) is 2.39. The van der Waals surface area contributed by atoms with Crippen LogP contribution in [0, 0.1) is 6.92 Å². The maximum atomic E-state index is 12.6. The number of hydrogen-bond acceptors (Lipinski definition) is 5. The second-order valence-electron chi connectivity index (χ2n) is 5.52. The SMILES string of the molecule is CCc1cccc(NC(=O)c2ccccc2OCc2noc(C)n2)c1. The second kappa shape index (κ2) is 7.61. The monoisotopic (exact) mass is 337 g/mol. The van der Waals surface area contributed by atoms with Crippen molar-refractivity contribution < 1.29 is 14.1 Å². The molecule has 1 heterocycles. The van der Waals surface area contributed by atoms with Crippen LogP contribution in [0.2, 0.25) is 0 Å². The first-order chi connectivity index (χ1) is 12.2. The van der Waals surface area contributed by atoms with Gasteiger partial charge in [0.15, 0.2) is 6.61 Å².